The zero-order valence-electron chi connectivity index (χ0n) is 42.8. The van der Waals surface area contributed by atoms with Gasteiger partial charge in [-0.3, -0.25) is 0 Å². The molecule has 0 aliphatic rings. The highest BCUT2D eigenvalue weighted by molar-refractivity contribution is 6.09. The third-order valence-electron chi connectivity index (χ3n) is 14.4. The molecule has 1 heteroatoms. The molecule has 0 N–H and O–H groups in total. The Morgan fingerprint density at radius 3 is 1.25 bits per heavy atom. The van der Waals surface area contributed by atoms with Crippen molar-refractivity contribution in [1.82, 2.24) is 0 Å². The van der Waals surface area contributed by atoms with E-state index in [9.17, 15) is 0 Å². The fourth-order valence-corrected chi connectivity index (χ4v) is 10.4. The maximum Gasteiger partial charge on any atom is 0.0540 e. The van der Waals surface area contributed by atoms with E-state index in [2.05, 4.69) is 307 Å². The van der Waals surface area contributed by atoms with Crippen LogP contribution >= 0.6 is 0 Å². The Bertz CT molecular complexity index is 3670. The fraction of sp³-hybridized carbons (Fsp3) is 0.111. The van der Waals surface area contributed by atoms with Crippen molar-refractivity contribution in [3.05, 3.63) is 272 Å². The number of rotatable bonds is 10. The summed E-state index contributed by atoms with van der Waals surface area (Å²) in [5.74, 6) is 0. The molecule has 0 amide bonds. The monoisotopic (exact) mass is 939 g/mol. The molecule has 11 rings (SSSR count). The molecule has 0 unspecified atom stereocenters. The quantitative estimate of drug-likeness (QED) is 0.132. The minimum Gasteiger partial charge on any atom is -0.309 e. The summed E-state index contributed by atoms with van der Waals surface area (Å²) in [5, 5.41) is 2.46. The summed E-state index contributed by atoms with van der Waals surface area (Å²) in [7, 11) is 0. The molecule has 0 aromatic heterocycles. The number of fused-ring (bicyclic) bond motifs is 1. The first kappa shape index (κ1) is 46.8. The van der Waals surface area contributed by atoms with Crippen molar-refractivity contribution in [3.8, 4) is 77.9 Å². The molecule has 0 heterocycles. The van der Waals surface area contributed by atoms with E-state index >= 15 is 0 Å². The molecule has 354 valence electrons. The van der Waals surface area contributed by atoms with Gasteiger partial charge in [-0.25, -0.2) is 0 Å². The largest absolute Gasteiger partial charge is 0.309 e. The molecule has 0 aliphatic carbocycles. The standard InChI is InChI=1S/C72H61N/c1-71(2,3)59-46-58(47-60(49-59)72(4,5)6)64-32-20-28-56-29-21-33-66(70(56)64)65-31-17-19-35-69(65)73(68-34-18-16-30-63(68)55-38-36-51(37-39-55)50-22-10-7-11-23-50)61-43-40-52(41-44-61)57-42-45-62(53-24-12-8-13-25-53)67(48-57)54-26-14-9-15-27-54/h7-49H,1-6H3. The number of benzene rings is 11. The highest BCUT2D eigenvalue weighted by atomic mass is 15.1. The summed E-state index contributed by atoms with van der Waals surface area (Å²) in [5.41, 5.74) is 22.6. The summed E-state index contributed by atoms with van der Waals surface area (Å²) in [6.07, 6.45) is 0. The highest BCUT2D eigenvalue weighted by Crippen LogP contribution is 2.48. The predicted molar refractivity (Wildman–Crippen MR) is 314 cm³/mol. The molecule has 0 bridgehead atoms. The Kier molecular flexibility index (Phi) is 12.6. The van der Waals surface area contributed by atoms with Crippen molar-refractivity contribution >= 4 is 27.8 Å². The Morgan fingerprint density at radius 2 is 0.658 bits per heavy atom. The Balaban J connectivity index is 1.10. The van der Waals surface area contributed by atoms with Gasteiger partial charge < -0.3 is 4.90 Å². The van der Waals surface area contributed by atoms with Crippen LogP contribution in [0.15, 0.2) is 261 Å². The smallest absolute Gasteiger partial charge is 0.0540 e. The van der Waals surface area contributed by atoms with Gasteiger partial charge in [-0.15, -0.1) is 0 Å². The van der Waals surface area contributed by atoms with Gasteiger partial charge >= 0.3 is 0 Å². The van der Waals surface area contributed by atoms with Gasteiger partial charge in [-0.1, -0.05) is 272 Å². The van der Waals surface area contributed by atoms with Gasteiger partial charge in [0.2, 0.25) is 0 Å². The minimum absolute atomic E-state index is 0.0167. The number of hydrogen-bond acceptors (Lipinski definition) is 1. The van der Waals surface area contributed by atoms with Gasteiger partial charge in [0, 0.05) is 16.8 Å². The van der Waals surface area contributed by atoms with Crippen LogP contribution in [0.2, 0.25) is 0 Å². The lowest BCUT2D eigenvalue weighted by atomic mass is 9.78. The summed E-state index contributed by atoms with van der Waals surface area (Å²) in [4.78, 5) is 2.48. The molecule has 11 aromatic rings. The second kappa shape index (κ2) is 19.6. The van der Waals surface area contributed by atoms with Gasteiger partial charge in [0.15, 0.2) is 0 Å². The first-order valence-corrected chi connectivity index (χ1v) is 25.7. The average Bonchev–Trinajstić information content (AvgIpc) is 3.43. The SMILES string of the molecule is CC(C)(C)c1cc(-c2cccc3cccc(-c4ccccc4N(c4ccc(-c5ccc(-c6ccccc6)c(-c6ccccc6)c5)cc4)c4ccccc4-c4ccc(-c5ccccc5)cc4)c23)cc(C(C)(C)C)c1. The van der Waals surface area contributed by atoms with Crippen molar-refractivity contribution in [2.45, 2.75) is 52.4 Å². The van der Waals surface area contributed by atoms with E-state index in [1.807, 2.05) is 0 Å². The molecular formula is C72H61N. The van der Waals surface area contributed by atoms with Crippen LogP contribution in [-0.2, 0) is 10.8 Å². The van der Waals surface area contributed by atoms with Crippen molar-refractivity contribution in [2.75, 3.05) is 4.90 Å². The van der Waals surface area contributed by atoms with Crippen LogP contribution in [0.1, 0.15) is 52.7 Å². The number of nitrogens with zero attached hydrogens (tertiary/aromatic N) is 1. The topological polar surface area (TPSA) is 3.24 Å². The van der Waals surface area contributed by atoms with E-state index < -0.39 is 0 Å². The fourth-order valence-electron chi connectivity index (χ4n) is 10.4. The van der Waals surface area contributed by atoms with Crippen LogP contribution in [0.25, 0.3) is 88.7 Å². The molecule has 0 atom stereocenters. The first-order chi connectivity index (χ1) is 35.5. The maximum atomic E-state index is 2.48. The van der Waals surface area contributed by atoms with Crippen LogP contribution in [0.4, 0.5) is 17.1 Å². The third-order valence-corrected chi connectivity index (χ3v) is 14.4. The Morgan fingerprint density at radius 1 is 0.247 bits per heavy atom. The molecule has 0 aliphatic heterocycles. The van der Waals surface area contributed by atoms with Crippen LogP contribution in [-0.4, -0.2) is 0 Å². The van der Waals surface area contributed by atoms with Crippen LogP contribution in [0, 0.1) is 0 Å². The van der Waals surface area contributed by atoms with Crippen LogP contribution < -0.4 is 4.90 Å². The van der Waals surface area contributed by atoms with E-state index in [1.165, 1.54) is 77.5 Å². The highest BCUT2D eigenvalue weighted by Gasteiger charge is 2.25. The molecule has 0 radical (unpaired) electrons. The lowest BCUT2D eigenvalue weighted by Crippen LogP contribution is -2.16. The molecule has 0 saturated heterocycles. The molecule has 73 heavy (non-hydrogen) atoms. The van der Waals surface area contributed by atoms with E-state index in [0.717, 1.165) is 39.3 Å². The van der Waals surface area contributed by atoms with Gasteiger partial charge in [0.25, 0.3) is 0 Å². The predicted octanol–water partition coefficient (Wildman–Crippen LogP) is 20.6. The molecule has 11 aromatic carbocycles. The average molecular weight is 940 g/mol. The first-order valence-electron chi connectivity index (χ1n) is 25.7. The van der Waals surface area contributed by atoms with E-state index in [-0.39, 0.29) is 10.8 Å². The van der Waals surface area contributed by atoms with E-state index in [0.29, 0.717) is 0 Å². The van der Waals surface area contributed by atoms with E-state index in [4.69, 9.17) is 0 Å². The summed E-state index contributed by atoms with van der Waals surface area (Å²) < 4.78 is 0. The number of hydrogen-bond donors (Lipinski definition) is 0. The zero-order chi connectivity index (χ0) is 50.1. The maximum absolute atomic E-state index is 2.48. The lowest BCUT2D eigenvalue weighted by Gasteiger charge is -2.30. The summed E-state index contributed by atoms with van der Waals surface area (Å²) in [6.45, 7) is 13.9. The Hall–Kier alpha value is -8.52. The van der Waals surface area contributed by atoms with Crippen molar-refractivity contribution < 1.29 is 0 Å². The zero-order valence-corrected chi connectivity index (χ0v) is 42.8. The van der Waals surface area contributed by atoms with Crippen molar-refractivity contribution in [3.63, 3.8) is 0 Å². The van der Waals surface area contributed by atoms with Crippen molar-refractivity contribution in [2.24, 2.45) is 0 Å². The van der Waals surface area contributed by atoms with Gasteiger partial charge in [-0.05, 0) is 130 Å². The summed E-state index contributed by atoms with van der Waals surface area (Å²) in [6, 6.07) is 96.0. The Labute approximate surface area is 432 Å². The molecule has 1 nitrogen and oxygen atoms in total. The second-order valence-electron chi connectivity index (χ2n) is 21.4. The minimum atomic E-state index is -0.0167. The van der Waals surface area contributed by atoms with E-state index in [1.54, 1.807) is 0 Å². The van der Waals surface area contributed by atoms with Gasteiger partial charge in [-0.2, -0.15) is 0 Å². The van der Waals surface area contributed by atoms with Crippen molar-refractivity contribution in [1.29, 1.82) is 0 Å². The van der Waals surface area contributed by atoms with Gasteiger partial charge in [0.05, 0.1) is 11.4 Å². The van der Waals surface area contributed by atoms with Gasteiger partial charge in [0.1, 0.15) is 0 Å². The number of anilines is 3. The van der Waals surface area contributed by atoms with Crippen LogP contribution in [0.5, 0.6) is 0 Å². The van der Waals surface area contributed by atoms with Crippen LogP contribution in [0.3, 0.4) is 0 Å². The third kappa shape index (κ3) is 9.55. The second-order valence-corrected chi connectivity index (χ2v) is 21.4. The molecule has 0 spiro atoms. The molecule has 0 saturated carbocycles. The summed E-state index contributed by atoms with van der Waals surface area (Å²) >= 11 is 0. The molecular weight excluding hydrogens is 879 g/mol. The molecule has 0 fully saturated rings. The lowest BCUT2D eigenvalue weighted by molar-refractivity contribution is 0.569. The number of para-hydroxylation sites is 2. The normalized spacial score (nSPS) is 11.7.